The minimum Gasteiger partial charge on any atom is -0.483 e. The van der Waals surface area contributed by atoms with Crippen molar-refractivity contribution in [3.63, 3.8) is 0 Å². The fourth-order valence-electron chi connectivity index (χ4n) is 2.06. The lowest BCUT2D eigenvalue weighted by molar-refractivity contribution is -0.137. The number of carboxylic acid groups (broad SMARTS) is 1. The van der Waals surface area contributed by atoms with Crippen LogP contribution in [-0.2, 0) is 24.1 Å². The van der Waals surface area contributed by atoms with E-state index in [1.165, 1.54) is 6.07 Å². The maximum atomic E-state index is 12.7. The molecule has 0 aliphatic carbocycles. The molecule has 0 amide bonds. The molecule has 0 saturated heterocycles. The number of nitrogens with two attached hydrogens (primary N) is 1. The van der Waals surface area contributed by atoms with Crippen molar-refractivity contribution in [1.82, 2.24) is 0 Å². The van der Waals surface area contributed by atoms with Crippen molar-refractivity contribution < 1.29 is 28.2 Å². The molecule has 124 valence electrons. The summed E-state index contributed by atoms with van der Waals surface area (Å²) in [7, 11) is 0. The standard InChI is InChI=1S/C15H14F3NO.CH2O2/c16-15(17,18)13-4-5-14(12(7-13)8-19)11-3-1-2-10(6-11)9-20;2-1-3/h1-7,20H,8-9,19H2;1H,(H,2,3). The number of aliphatic hydroxyl groups excluding tert-OH is 1. The molecule has 0 atom stereocenters. The molecule has 7 heteroatoms. The molecule has 0 saturated carbocycles. The monoisotopic (exact) mass is 327 g/mol. The Bertz CT molecular complexity index is 657. The van der Waals surface area contributed by atoms with E-state index in [0.717, 1.165) is 17.7 Å². The summed E-state index contributed by atoms with van der Waals surface area (Å²) in [5.41, 5.74) is 7.36. The van der Waals surface area contributed by atoms with Crippen LogP contribution in [0.4, 0.5) is 13.2 Å². The minimum atomic E-state index is -4.38. The largest absolute Gasteiger partial charge is 0.483 e. The van der Waals surface area contributed by atoms with Gasteiger partial charge in [-0.2, -0.15) is 13.2 Å². The van der Waals surface area contributed by atoms with Crippen LogP contribution in [0.15, 0.2) is 42.5 Å². The molecule has 4 N–H and O–H groups in total. The summed E-state index contributed by atoms with van der Waals surface area (Å²) in [6, 6.07) is 10.5. The molecular formula is C16H16F3NO3. The highest BCUT2D eigenvalue weighted by atomic mass is 19.4. The summed E-state index contributed by atoms with van der Waals surface area (Å²) < 4.78 is 38.0. The molecule has 2 aromatic carbocycles. The number of hydrogen-bond acceptors (Lipinski definition) is 3. The van der Waals surface area contributed by atoms with Crippen LogP contribution < -0.4 is 5.73 Å². The van der Waals surface area contributed by atoms with Gasteiger partial charge in [0.15, 0.2) is 0 Å². The van der Waals surface area contributed by atoms with Crippen molar-refractivity contribution in [3.8, 4) is 11.1 Å². The third kappa shape index (κ3) is 5.08. The van der Waals surface area contributed by atoms with Gasteiger partial charge in [-0.15, -0.1) is 0 Å². The molecule has 2 rings (SSSR count). The zero-order chi connectivity index (χ0) is 17.5. The summed E-state index contributed by atoms with van der Waals surface area (Å²) in [6.45, 7) is -0.352. The van der Waals surface area contributed by atoms with E-state index in [2.05, 4.69) is 0 Å². The fraction of sp³-hybridized carbons (Fsp3) is 0.188. The minimum absolute atomic E-state index is 0.0165. The van der Waals surface area contributed by atoms with Crippen molar-refractivity contribution in [1.29, 1.82) is 0 Å². The summed E-state index contributed by atoms with van der Waals surface area (Å²) in [6.07, 6.45) is -4.38. The van der Waals surface area contributed by atoms with E-state index >= 15 is 0 Å². The highest BCUT2D eigenvalue weighted by molar-refractivity contribution is 5.68. The summed E-state index contributed by atoms with van der Waals surface area (Å²) >= 11 is 0. The van der Waals surface area contributed by atoms with Crippen LogP contribution in [-0.4, -0.2) is 16.7 Å². The number of benzene rings is 2. The SMILES string of the molecule is NCc1cc(C(F)(F)F)ccc1-c1cccc(CO)c1.O=CO. The molecular weight excluding hydrogens is 311 g/mol. The summed E-state index contributed by atoms with van der Waals surface area (Å²) in [5, 5.41) is 16.0. The van der Waals surface area contributed by atoms with Crippen molar-refractivity contribution >= 4 is 6.47 Å². The van der Waals surface area contributed by atoms with Crippen LogP contribution in [0, 0.1) is 0 Å². The Balaban J connectivity index is 0.000000816. The van der Waals surface area contributed by atoms with Crippen LogP contribution in [0.1, 0.15) is 16.7 Å². The Hall–Kier alpha value is -2.38. The van der Waals surface area contributed by atoms with Crippen LogP contribution in [0.3, 0.4) is 0 Å². The molecule has 23 heavy (non-hydrogen) atoms. The van der Waals surface area contributed by atoms with Gasteiger partial charge in [-0.05, 0) is 40.5 Å². The topological polar surface area (TPSA) is 83.5 Å². The van der Waals surface area contributed by atoms with E-state index in [1.807, 2.05) is 0 Å². The molecule has 4 nitrogen and oxygen atoms in total. The first-order chi connectivity index (χ1) is 10.9. The second-order valence-electron chi connectivity index (χ2n) is 4.54. The quantitative estimate of drug-likeness (QED) is 0.757. The van der Waals surface area contributed by atoms with Crippen molar-refractivity contribution in [3.05, 3.63) is 59.2 Å². The number of alkyl halides is 3. The molecule has 0 bridgehead atoms. The van der Waals surface area contributed by atoms with Crippen molar-refractivity contribution in [2.24, 2.45) is 5.73 Å². The Morgan fingerprint density at radius 3 is 2.30 bits per heavy atom. The van der Waals surface area contributed by atoms with E-state index in [0.29, 0.717) is 16.7 Å². The van der Waals surface area contributed by atoms with Gasteiger partial charge in [0.1, 0.15) is 0 Å². The molecule has 0 aliphatic heterocycles. The van der Waals surface area contributed by atoms with Crippen LogP contribution in [0.25, 0.3) is 11.1 Å². The smallest absolute Gasteiger partial charge is 0.416 e. The molecule has 0 aliphatic rings. The van der Waals surface area contributed by atoms with Crippen LogP contribution >= 0.6 is 0 Å². The second-order valence-corrected chi connectivity index (χ2v) is 4.54. The Morgan fingerprint density at radius 2 is 1.78 bits per heavy atom. The average molecular weight is 327 g/mol. The molecule has 0 heterocycles. The lowest BCUT2D eigenvalue weighted by Crippen LogP contribution is -2.08. The van der Waals surface area contributed by atoms with Crippen molar-refractivity contribution in [2.45, 2.75) is 19.3 Å². The first kappa shape index (κ1) is 18.7. The van der Waals surface area contributed by atoms with Gasteiger partial charge in [-0.1, -0.05) is 24.3 Å². The molecule has 2 aromatic rings. The number of hydrogen-bond donors (Lipinski definition) is 3. The third-order valence-electron chi connectivity index (χ3n) is 3.07. The zero-order valence-corrected chi connectivity index (χ0v) is 12.0. The van der Waals surface area contributed by atoms with E-state index in [-0.39, 0.29) is 19.6 Å². The van der Waals surface area contributed by atoms with Gasteiger partial charge in [0.05, 0.1) is 12.2 Å². The number of carbonyl (C=O) groups is 1. The highest BCUT2D eigenvalue weighted by Gasteiger charge is 2.30. The first-order valence-corrected chi connectivity index (χ1v) is 6.55. The Kier molecular flexibility index (Phi) is 6.74. The van der Waals surface area contributed by atoms with E-state index in [4.69, 9.17) is 20.7 Å². The summed E-state index contributed by atoms with van der Waals surface area (Å²) in [4.78, 5) is 8.36. The predicted molar refractivity (Wildman–Crippen MR) is 79.4 cm³/mol. The molecule has 0 radical (unpaired) electrons. The lowest BCUT2D eigenvalue weighted by atomic mass is 9.96. The van der Waals surface area contributed by atoms with Gasteiger partial charge < -0.3 is 15.9 Å². The van der Waals surface area contributed by atoms with Gasteiger partial charge in [0.2, 0.25) is 0 Å². The van der Waals surface area contributed by atoms with Gasteiger partial charge >= 0.3 is 6.18 Å². The van der Waals surface area contributed by atoms with E-state index < -0.39 is 11.7 Å². The van der Waals surface area contributed by atoms with Gasteiger partial charge in [-0.25, -0.2) is 0 Å². The normalized spacial score (nSPS) is 10.7. The van der Waals surface area contributed by atoms with Crippen LogP contribution in [0.5, 0.6) is 0 Å². The fourth-order valence-corrected chi connectivity index (χ4v) is 2.06. The molecule has 0 aromatic heterocycles. The number of aliphatic hydroxyl groups is 1. The average Bonchev–Trinajstić information content (AvgIpc) is 2.54. The van der Waals surface area contributed by atoms with Gasteiger partial charge in [0, 0.05) is 6.54 Å². The third-order valence-corrected chi connectivity index (χ3v) is 3.07. The molecule has 0 spiro atoms. The highest BCUT2D eigenvalue weighted by Crippen LogP contribution is 2.33. The predicted octanol–water partition coefficient (Wildman–Crippen LogP) is 3.02. The lowest BCUT2D eigenvalue weighted by Gasteiger charge is -2.13. The number of halogens is 3. The maximum absolute atomic E-state index is 12.7. The Labute approximate surface area is 131 Å². The zero-order valence-electron chi connectivity index (χ0n) is 12.0. The van der Waals surface area contributed by atoms with Gasteiger partial charge in [0.25, 0.3) is 6.47 Å². The van der Waals surface area contributed by atoms with Crippen LogP contribution in [0.2, 0.25) is 0 Å². The van der Waals surface area contributed by atoms with Gasteiger partial charge in [-0.3, -0.25) is 4.79 Å². The summed E-state index contributed by atoms with van der Waals surface area (Å²) in [5.74, 6) is 0. The Morgan fingerprint density at radius 1 is 1.13 bits per heavy atom. The van der Waals surface area contributed by atoms with Crippen molar-refractivity contribution in [2.75, 3.05) is 0 Å². The number of rotatable bonds is 3. The van der Waals surface area contributed by atoms with E-state index in [9.17, 15) is 13.2 Å². The molecule has 0 fully saturated rings. The van der Waals surface area contributed by atoms with E-state index in [1.54, 1.807) is 24.3 Å². The second kappa shape index (κ2) is 8.30. The first-order valence-electron chi connectivity index (χ1n) is 6.55. The molecule has 0 unspecified atom stereocenters. The maximum Gasteiger partial charge on any atom is 0.416 e.